The SMILES string of the molecule is NC([SeH])=NCCc1ccccc1. The fourth-order valence-corrected chi connectivity index (χ4v) is 1.15. The van der Waals surface area contributed by atoms with E-state index in [-0.39, 0.29) is 0 Å². The summed E-state index contributed by atoms with van der Waals surface area (Å²) in [5.41, 5.74) is 6.68. The molecule has 0 aliphatic carbocycles. The Labute approximate surface area is 80.7 Å². The summed E-state index contributed by atoms with van der Waals surface area (Å²) >= 11 is 2.23. The molecule has 64 valence electrons. The number of hydrogen-bond acceptors (Lipinski definition) is 1. The van der Waals surface area contributed by atoms with Crippen molar-refractivity contribution in [1.29, 1.82) is 0 Å². The molecule has 0 aliphatic heterocycles. The molecule has 1 aromatic carbocycles. The molecule has 1 rings (SSSR count). The molecule has 0 saturated heterocycles. The third kappa shape index (κ3) is 3.56. The molecule has 0 atom stereocenters. The summed E-state index contributed by atoms with van der Waals surface area (Å²) in [6, 6.07) is 10.3. The first-order valence-corrected chi connectivity index (χ1v) is 4.75. The molecule has 12 heavy (non-hydrogen) atoms. The van der Waals surface area contributed by atoms with Gasteiger partial charge in [0, 0.05) is 0 Å². The summed E-state index contributed by atoms with van der Waals surface area (Å²) in [5.74, 6) is 0. The van der Waals surface area contributed by atoms with Crippen LogP contribution in [0.1, 0.15) is 5.56 Å². The zero-order valence-electron chi connectivity index (χ0n) is 6.77. The molecular weight excluding hydrogens is 215 g/mol. The van der Waals surface area contributed by atoms with Crippen molar-refractivity contribution in [3.8, 4) is 0 Å². The van der Waals surface area contributed by atoms with Crippen LogP contribution in [0.5, 0.6) is 0 Å². The monoisotopic (exact) mass is 228 g/mol. The summed E-state index contributed by atoms with van der Waals surface area (Å²) < 4.78 is 0.596. The van der Waals surface area contributed by atoms with E-state index in [1.807, 2.05) is 18.2 Å². The summed E-state index contributed by atoms with van der Waals surface area (Å²) in [5, 5.41) is 0. The molecule has 0 aliphatic rings. The minimum atomic E-state index is 0.596. The molecule has 0 heterocycles. The summed E-state index contributed by atoms with van der Waals surface area (Å²) in [7, 11) is 0. The van der Waals surface area contributed by atoms with Crippen molar-refractivity contribution in [3.63, 3.8) is 0 Å². The first-order chi connectivity index (χ1) is 5.79. The van der Waals surface area contributed by atoms with Crippen LogP contribution in [0.4, 0.5) is 0 Å². The van der Waals surface area contributed by atoms with E-state index in [1.165, 1.54) is 5.56 Å². The molecule has 2 N–H and O–H groups in total. The van der Waals surface area contributed by atoms with Crippen LogP contribution in [-0.4, -0.2) is 27.3 Å². The van der Waals surface area contributed by atoms with E-state index < -0.39 is 0 Å². The van der Waals surface area contributed by atoms with Crippen molar-refractivity contribution in [2.75, 3.05) is 6.54 Å². The van der Waals surface area contributed by atoms with E-state index in [2.05, 4.69) is 33.1 Å². The van der Waals surface area contributed by atoms with Gasteiger partial charge in [-0.05, 0) is 0 Å². The van der Waals surface area contributed by atoms with Crippen molar-refractivity contribution < 1.29 is 0 Å². The third-order valence-electron chi connectivity index (χ3n) is 1.52. The van der Waals surface area contributed by atoms with Crippen LogP contribution in [-0.2, 0) is 6.42 Å². The Balaban J connectivity index is 2.39. The van der Waals surface area contributed by atoms with Crippen LogP contribution < -0.4 is 5.73 Å². The molecule has 0 fully saturated rings. The third-order valence-corrected chi connectivity index (χ3v) is 1.81. The Kier molecular flexibility index (Phi) is 3.85. The van der Waals surface area contributed by atoms with Crippen molar-refractivity contribution >= 4 is 20.7 Å². The molecule has 0 bridgehead atoms. The van der Waals surface area contributed by atoms with Gasteiger partial charge in [-0.3, -0.25) is 0 Å². The molecule has 1 aromatic rings. The van der Waals surface area contributed by atoms with Gasteiger partial charge >= 0.3 is 80.3 Å². The second-order valence-corrected chi connectivity index (χ2v) is 3.44. The van der Waals surface area contributed by atoms with Crippen molar-refractivity contribution in [2.24, 2.45) is 10.7 Å². The van der Waals surface area contributed by atoms with Gasteiger partial charge in [0.25, 0.3) is 0 Å². The molecule has 0 amide bonds. The van der Waals surface area contributed by atoms with Gasteiger partial charge in [0.2, 0.25) is 0 Å². The van der Waals surface area contributed by atoms with Gasteiger partial charge in [-0.1, -0.05) is 0 Å². The van der Waals surface area contributed by atoms with Gasteiger partial charge in [0.1, 0.15) is 0 Å². The summed E-state index contributed by atoms with van der Waals surface area (Å²) in [6.45, 7) is 0.768. The number of nitrogens with zero attached hydrogens (tertiary/aromatic N) is 1. The van der Waals surface area contributed by atoms with Gasteiger partial charge in [0.15, 0.2) is 0 Å². The van der Waals surface area contributed by atoms with Gasteiger partial charge in [0.05, 0.1) is 0 Å². The molecule has 0 unspecified atom stereocenters. The summed E-state index contributed by atoms with van der Waals surface area (Å²) in [6.07, 6.45) is 0.958. The average Bonchev–Trinajstić information content (AvgIpc) is 2.05. The van der Waals surface area contributed by atoms with Crippen molar-refractivity contribution in [3.05, 3.63) is 35.9 Å². The normalized spacial score (nSPS) is 11.6. The van der Waals surface area contributed by atoms with Gasteiger partial charge < -0.3 is 0 Å². The van der Waals surface area contributed by atoms with Gasteiger partial charge in [-0.25, -0.2) is 0 Å². The molecule has 0 radical (unpaired) electrons. The van der Waals surface area contributed by atoms with Crippen LogP contribution in [0.25, 0.3) is 0 Å². The van der Waals surface area contributed by atoms with E-state index in [1.54, 1.807) is 0 Å². The molecule has 0 aromatic heterocycles. The van der Waals surface area contributed by atoms with Crippen molar-refractivity contribution in [1.82, 2.24) is 0 Å². The fraction of sp³-hybridized carbons (Fsp3) is 0.222. The van der Waals surface area contributed by atoms with Gasteiger partial charge in [-0.15, -0.1) is 0 Å². The van der Waals surface area contributed by atoms with Crippen LogP contribution in [0, 0.1) is 0 Å². The van der Waals surface area contributed by atoms with E-state index in [9.17, 15) is 0 Å². The van der Waals surface area contributed by atoms with Crippen molar-refractivity contribution in [2.45, 2.75) is 6.42 Å². The molecule has 0 saturated carbocycles. The molecule has 0 spiro atoms. The molecular formula is C9H12N2Se. The number of rotatable bonds is 3. The quantitative estimate of drug-likeness (QED) is 0.454. The average molecular weight is 227 g/mol. The predicted octanol–water partition coefficient (Wildman–Crippen LogP) is 0.445. The predicted molar refractivity (Wildman–Crippen MR) is 53.8 cm³/mol. The number of benzene rings is 1. The number of nitrogens with two attached hydrogens (primary N) is 1. The Hall–Kier alpha value is -0.791. The topological polar surface area (TPSA) is 38.4 Å². The number of amidine groups is 1. The minimum absolute atomic E-state index is 0.596. The standard InChI is InChI=1S/C9H12N2Se/c10-9(12)11-7-6-8-4-2-1-3-5-8/h1-5H,6-7H2,(H3,10,11,12). The Morgan fingerprint density at radius 3 is 2.58 bits per heavy atom. The van der Waals surface area contributed by atoms with Crippen LogP contribution in [0.3, 0.4) is 0 Å². The van der Waals surface area contributed by atoms with Crippen LogP contribution in [0.2, 0.25) is 0 Å². The van der Waals surface area contributed by atoms with Crippen LogP contribution >= 0.6 is 0 Å². The number of aliphatic imine (C=N–C) groups is 1. The Bertz CT molecular complexity index is 252. The Morgan fingerprint density at radius 2 is 2.00 bits per heavy atom. The van der Waals surface area contributed by atoms with Crippen LogP contribution in [0.15, 0.2) is 35.3 Å². The van der Waals surface area contributed by atoms with E-state index in [0.29, 0.717) is 4.73 Å². The first-order valence-electron chi connectivity index (χ1n) is 3.82. The van der Waals surface area contributed by atoms with E-state index in [4.69, 9.17) is 5.73 Å². The maximum atomic E-state index is 5.38. The second-order valence-electron chi connectivity index (χ2n) is 2.48. The zero-order valence-corrected chi connectivity index (χ0v) is 8.65. The maximum absolute atomic E-state index is 5.38. The fourth-order valence-electron chi connectivity index (χ4n) is 0.944. The van der Waals surface area contributed by atoms with E-state index >= 15 is 0 Å². The molecule has 2 nitrogen and oxygen atoms in total. The summed E-state index contributed by atoms with van der Waals surface area (Å²) in [4.78, 5) is 4.09. The zero-order chi connectivity index (χ0) is 8.81. The first kappa shape index (κ1) is 9.30. The second kappa shape index (κ2) is 4.96. The van der Waals surface area contributed by atoms with E-state index in [0.717, 1.165) is 13.0 Å². The molecule has 3 heteroatoms. The Morgan fingerprint density at radius 1 is 1.33 bits per heavy atom. The number of hydrogen-bond donors (Lipinski definition) is 1. The van der Waals surface area contributed by atoms with Gasteiger partial charge in [-0.2, -0.15) is 0 Å².